The zero-order chi connectivity index (χ0) is 12.2. The number of nitrogens with zero attached hydrogens (tertiary/aromatic N) is 2. The van der Waals surface area contributed by atoms with Crippen LogP contribution in [0.4, 0.5) is 0 Å². The molecular weight excluding hydrogens is 226 g/mol. The Balaban J connectivity index is 1.60. The van der Waals surface area contributed by atoms with Crippen LogP contribution >= 0.6 is 0 Å². The number of hydrogen-bond donors (Lipinski definition) is 1. The first kappa shape index (κ1) is 11.4. The van der Waals surface area contributed by atoms with E-state index in [0.717, 1.165) is 44.1 Å². The predicted octanol–water partition coefficient (Wildman–Crippen LogP) is 1.93. The summed E-state index contributed by atoms with van der Waals surface area (Å²) in [5.74, 6) is 2.02. The summed E-state index contributed by atoms with van der Waals surface area (Å²) < 4.78 is 5.34. The first-order chi connectivity index (χ1) is 8.92. The number of hydrogen-bond acceptors (Lipinski definition) is 4. The Bertz CT molecular complexity index is 489. The maximum Gasteiger partial charge on any atom is 0.231 e. The van der Waals surface area contributed by atoms with Crippen LogP contribution in [-0.2, 0) is 12.8 Å². The van der Waals surface area contributed by atoms with Gasteiger partial charge in [0.25, 0.3) is 0 Å². The van der Waals surface area contributed by atoms with Gasteiger partial charge in [-0.05, 0) is 24.9 Å². The highest BCUT2D eigenvalue weighted by Gasteiger charge is 2.22. The van der Waals surface area contributed by atoms with Gasteiger partial charge in [-0.3, -0.25) is 0 Å². The normalized spacial score (nSPS) is 19.2. The Morgan fingerprint density at radius 1 is 1.22 bits per heavy atom. The average molecular weight is 243 g/mol. The molecule has 0 radical (unpaired) electrons. The number of benzene rings is 1. The van der Waals surface area contributed by atoms with Crippen LogP contribution in [0, 0.1) is 0 Å². The molecule has 1 aliphatic heterocycles. The molecule has 1 aliphatic rings. The second-order valence-electron chi connectivity index (χ2n) is 4.72. The molecule has 1 aromatic carbocycles. The lowest BCUT2D eigenvalue weighted by Gasteiger charge is -1.99. The molecular formula is C14H17N3O. The predicted molar refractivity (Wildman–Crippen MR) is 68.4 cm³/mol. The molecule has 0 aliphatic carbocycles. The molecule has 94 valence electrons. The summed E-state index contributed by atoms with van der Waals surface area (Å²) in [6, 6.07) is 10.4. The largest absolute Gasteiger partial charge is 0.339 e. The molecule has 1 N–H and O–H groups in total. The van der Waals surface area contributed by atoms with Crippen LogP contribution < -0.4 is 5.32 Å². The van der Waals surface area contributed by atoms with Crippen molar-refractivity contribution in [2.24, 2.45) is 0 Å². The van der Waals surface area contributed by atoms with Gasteiger partial charge >= 0.3 is 0 Å². The van der Waals surface area contributed by atoms with Crippen molar-refractivity contribution in [3.8, 4) is 0 Å². The monoisotopic (exact) mass is 243 g/mol. The maximum absolute atomic E-state index is 5.34. The van der Waals surface area contributed by atoms with Gasteiger partial charge in [0.1, 0.15) is 0 Å². The van der Waals surface area contributed by atoms with Crippen LogP contribution in [0.1, 0.15) is 29.6 Å². The van der Waals surface area contributed by atoms with Gasteiger partial charge in [0.05, 0.1) is 5.92 Å². The first-order valence-electron chi connectivity index (χ1n) is 6.49. The van der Waals surface area contributed by atoms with E-state index in [4.69, 9.17) is 4.52 Å². The van der Waals surface area contributed by atoms with Gasteiger partial charge in [0.2, 0.25) is 5.89 Å². The van der Waals surface area contributed by atoms with E-state index >= 15 is 0 Å². The van der Waals surface area contributed by atoms with Crippen LogP contribution in [0.15, 0.2) is 34.9 Å². The van der Waals surface area contributed by atoms with E-state index in [9.17, 15) is 0 Å². The second-order valence-corrected chi connectivity index (χ2v) is 4.72. The zero-order valence-electron chi connectivity index (χ0n) is 10.3. The van der Waals surface area contributed by atoms with Gasteiger partial charge < -0.3 is 9.84 Å². The molecule has 0 amide bonds. The molecule has 1 saturated heterocycles. The van der Waals surface area contributed by atoms with Gasteiger partial charge in [-0.1, -0.05) is 35.5 Å². The summed E-state index contributed by atoms with van der Waals surface area (Å²) in [5.41, 5.74) is 1.31. The summed E-state index contributed by atoms with van der Waals surface area (Å²) in [6.45, 7) is 2.01. The van der Waals surface area contributed by atoms with E-state index in [0.29, 0.717) is 5.92 Å². The van der Waals surface area contributed by atoms with Crippen molar-refractivity contribution in [3.63, 3.8) is 0 Å². The molecule has 4 heteroatoms. The van der Waals surface area contributed by atoms with E-state index in [-0.39, 0.29) is 0 Å². The Hall–Kier alpha value is -1.68. The lowest BCUT2D eigenvalue weighted by atomic mass is 10.1. The molecule has 3 rings (SSSR count). The van der Waals surface area contributed by atoms with Crippen molar-refractivity contribution >= 4 is 0 Å². The number of aryl methyl sites for hydroxylation is 2. The highest BCUT2D eigenvalue weighted by atomic mass is 16.5. The molecule has 0 spiro atoms. The standard InChI is InChI=1S/C14H17N3O/c1-2-4-11(5-3-1)6-7-13-16-14(18-17-13)12-8-9-15-10-12/h1-5,12,15H,6-10H2/t12-/m0/s1. The van der Waals surface area contributed by atoms with Gasteiger partial charge in [0.15, 0.2) is 5.82 Å². The fourth-order valence-electron chi connectivity index (χ4n) is 2.30. The van der Waals surface area contributed by atoms with Crippen molar-refractivity contribution in [1.29, 1.82) is 0 Å². The Morgan fingerprint density at radius 2 is 2.11 bits per heavy atom. The molecule has 1 fully saturated rings. The Kier molecular flexibility index (Phi) is 3.37. The number of rotatable bonds is 4. The van der Waals surface area contributed by atoms with E-state index in [2.05, 4.69) is 39.7 Å². The maximum atomic E-state index is 5.34. The van der Waals surface area contributed by atoms with Crippen molar-refractivity contribution in [2.75, 3.05) is 13.1 Å². The third kappa shape index (κ3) is 2.59. The highest BCUT2D eigenvalue weighted by Crippen LogP contribution is 2.20. The van der Waals surface area contributed by atoms with E-state index in [1.807, 2.05) is 6.07 Å². The van der Waals surface area contributed by atoms with Crippen molar-refractivity contribution < 1.29 is 4.52 Å². The zero-order valence-corrected chi connectivity index (χ0v) is 10.3. The van der Waals surface area contributed by atoms with Crippen molar-refractivity contribution in [1.82, 2.24) is 15.5 Å². The van der Waals surface area contributed by atoms with Crippen LogP contribution in [0.2, 0.25) is 0 Å². The minimum absolute atomic E-state index is 0.406. The smallest absolute Gasteiger partial charge is 0.231 e. The van der Waals surface area contributed by atoms with Crippen LogP contribution in [0.25, 0.3) is 0 Å². The Labute approximate surface area is 106 Å². The molecule has 4 nitrogen and oxygen atoms in total. The van der Waals surface area contributed by atoms with Crippen molar-refractivity contribution in [3.05, 3.63) is 47.6 Å². The first-order valence-corrected chi connectivity index (χ1v) is 6.49. The lowest BCUT2D eigenvalue weighted by molar-refractivity contribution is 0.354. The van der Waals surface area contributed by atoms with Crippen LogP contribution in [0.5, 0.6) is 0 Å². The van der Waals surface area contributed by atoms with Crippen molar-refractivity contribution in [2.45, 2.75) is 25.2 Å². The lowest BCUT2D eigenvalue weighted by Crippen LogP contribution is -2.08. The molecule has 0 bridgehead atoms. The molecule has 2 aromatic rings. The molecule has 0 saturated carbocycles. The molecule has 1 atom stereocenters. The van der Waals surface area contributed by atoms with Crippen LogP contribution in [0.3, 0.4) is 0 Å². The summed E-state index contributed by atoms with van der Waals surface area (Å²) >= 11 is 0. The van der Waals surface area contributed by atoms with Gasteiger partial charge in [-0.15, -0.1) is 0 Å². The quantitative estimate of drug-likeness (QED) is 0.891. The summed E-state index contributed by atoms with van der Waals surface area (Å²) in [6.07, 6.45) is 2.90. The number of nitrogens with one attached hydrogen (secondary N) is 1. The minimum Gasteiger partial charge on any atom is -0.339 e. The van der Waals surface area contributed by atoms with Gasteiger partial charge in [0, 0.05) is 13.0 Å². The summed E-state index contributed by atoms with van der Waals surface area (Å²) in [4.78, 5) is 4.49. The highest BCUT2D eigenvalue weighted by molar-refractivity contribution is 5.15. The van der Waals surface area contributed by atoms with E-state index < -0.39 is 0 Å². The topological polar surface area (TPSA) is 51.0 Å². The third-order valence-corrected chi connectivity index (χ3v) is 3.37. The van der Waals surface area contributed by atoms with Gasteiger partial charge in [-0.25, -0.2) is 0 Å². The third-order valence-electron chi connectivity index (χ3n) is 3.37. The van der Waals surface area contributed by atoms with E-state index in [1.165, 1.54) is 5.56 Å². The van der Waals surface area contributed by atoms with E-state index in [1.54, 1.807) is 0 Å². The molecule has 0 unspecified atom stereocenters. The SMILES string of the molecule is c1ccc(CCc2noc([C@H]3CCNC3)n2)cc1. The fourth-order valence-corrected chi connectivity index (χ4v) is 2.30. The second kappa shape index (κ2) is 5.31. The fraction of sp³-hybridized carbons (Fsp3) is 0.429. The molecule has 2 heterocycles. The van der Waals surface area contributed by atoms with Gasteiger partial charge in [-0.2, -0.15) is 4.98 Å². The summed E-state index contributed by atoms with van der Waals surface area (Å²) in [5, 5.41) is 7.37. The molecule has 18 heavy (non-hydrogen) atoms. The molecule has 1 aromatic heterocycles. The minimum atomic E-state index is 0.406. The number of aromatic nitrogens is 2. The Morgan fingerprint density at radius 3 is 2.89 bits per heavy atom. The average Bonchev–Trinajstić information content (AvgIpc) is 3.08. The van der Waals surface area contributed by atoms with Crippen LogP contribution in [-0.4, -0.2) is 23.2 Å². The summed E-state index contributed by atoms with van der Waals surface area (Å²) in [7, 11) is 0.